The molecule has 0 unspecified atom stereocenters. The van der Waals surface area contributed by atoms with E-state index in [9.17, 15) is 14.7 Å². The van der Waals surface area contributed by atoms with Crippen LogP contribution in [0, 0.1) is 0 Å². The Morgan fingerprint density at radius 3 is 2.61 bits per heavy atom. The Labute approximate surface area is 241 Å². The molecule has 2 aromatic heterocycles. The van der Waals surface area contributed by atoms with Gasteiger partial charge >= 0.3 is 6.09 Å². The van der Waals surface area contributed by atoms with E-state index in [2.05, 4.69) is 15.3 Å². The number of aromatic hydroxyl groups is 1. The van der Waals surface area contributed by atoms with E-state index >= 15 is 0 Å². The van der Waals surface area contributed by atoms with E-state index in [0.717, 1.165) is 28.0 Å². The normalized spacial score (nSPS) is 22.1. The maximum atomic E-state index is 13.5. The number of amides is 2. The van der Waals surface area contributed by atoms with E-state index in [1.54, 1.807) is 24.5 Å². The van der Waals surface area contributed by atoms with Crippen LogP contribution in [0.25, 0.3) is 22.2 Å². The molecular weight excluding hydrogens is 520 g/mol. The van der Waals surface area contributed by atoms with Crippen molar-refractivity contribution < 1.29 is 23.5 Å². The summed E-state index contributed by atoms with van der Waals surface area (Å²) in [6.07, 6.45) is 5.59. The first-order chi connectivity index (χ1) is 20.8. The predicted molar refractivity (Wildman–Crippen MR) is 151 cm³/mol. The molecule has 2 amide bonds. The topological polar surface area (TPSA) is 122 Å². The zero-order chi connectivity index (χ0) is 31.2. The zero-order valence-corrected chi connectivity index (χ0v) is 23.0. The summed E-state index contributed by atoms with van der Waals surface area (Å²) in [7, 11) is 0. The molecule has 1 aliphatic carbocycles. The Bertz CT molecular complexity index is 1830. The van der Waals surface area contributed by atoms with Gasteiger partial charge in [-0.15, -0.1) is 0 Å². The SMILES string of the molecule is [2H]C([2H])([2H])N1C(=O)c2cccc(O)c2[C@H]2C[C@@H]1c1nc3ccc(-c4cnc(C5(NC(=O)OC(C)(C)C)CCC5)nc4)cc3n12. The largest absolute Gasteiger partial charge is 0.508 e. The molecule has 2 aliphatic heterocycles. The summed E-state index contributed by atoms with van der Waals surface area (Å²) in [5.41, 5.74) is 2.22. The van der Waals surface area contributed by atoms with Crippen molar-refractivity contribution in [3.05, 3.63) is 71.6 Å². The van der Waals surface area contributed by atoms with Crippen molar-refractivity contribution in [1.82, 2.24) is 29.7 Å². The Balaban J connectivity index is 1.27. The van der Waals surface area contributed by atoms with E-state index in [0.29, 0.717) is 35.6 Å². The number of fused-ring (bicyclic) bond motifs is 9. The maximum absolute atomic E-state index is 13.5. The van der Waals surface area contributed by atoms with Gasteiger partial charge in [-0.05, 0) is 69.9 Å². The summed E-state index contributed by atoms with van der Waals surface area (Å²) < 4.78 is 31.9. The number of phenolic OH excluding ortho intramolecular Hbond substituents is 1. The van der Waals surface area contributed by atoms with Crippen LogP contribution in [0.2, 0.25) is 0 Å². The summed E-state index contributed by atoms with van der Waals surface area (Å²) in [6.45, 7) is 2.75. The Hall–Kier alpha value is -4.47. The van der Waals surface area contributed by atoms with Crippen LogP contribution < -0.4 is 5.32 Å². The highest BCUT2D eigenvalue weighted by Gasteiger charge is 2.45. The van der Waals surface area contributed by atoms with Gasteiger partial charge in [0.05, 0.1) is 23.1 Å². The van der Waals surface area contributed by atoms with Gasteiger partial charge in [-0.3, -0.25) is 4.79 Å². The lowest BCUT2D eigenvalue weighted by Crippen LogP contribution is -2.53. The van der Waals surface area contributed by atoms with Crippen molar-refractivity contribution in [1.29, 1.82) is 0 Å². The fourth-order valence-corrected chi connectivity index (χ4v) is 6.26. The molecule has 10 nitrogen and oxygen atoms in total. The maximum Gasteiger partial charge on any atom is 0.408 e. The van der Waals surface area contributed by atoms with Gasteiger partial charge in [-0.1, -0.05) is 12.1 Å². The van der Waals surface area contributed by atoms with Gasteiger partial charge in [0, 0.05) is 46.6 Å². The molecule has 1 saturated carbocycles. The minimum Gasteiger partial charge on any atom is -0.508 e. The number of benzene rings is 2. The summed E-state index contributed by atoms with van der Waals surface area (Å²) in [5.74, 6) is 0.278. The minimum absolute atomic E-state index is 0.0632. The summed E-state index contributed by atoms with van der Waals surface area (Å²) in [5, 5.41) is 13.9. The van der Waals surface area contributed by atoms with E-state index in [1.807, 2.05) is 43.5 Å². The number of phenols is 1. The standard InChI is InChI=1S/C31H32N6O4/c1-30(2,3)41-29(40)35-31(11-6-12-31)28-32-15-18(16-33-28)17-9-10-20-21(13-17)37-22-14-23(26(37)34-20)36(4)27(39)19-7-5-8-24(38)25(19)22/h5,7-10,13,15-16,22-23,38H,6,11-12,14H2,1-4H3,(H,35,40)/t22-,23-/m1/s1/i4D3. The van der Waals surface area contributed by atoms with Crippen molar-refractivity contribution in [3.63, 3.8) is 0 Å². The lowest BCUT2D eigenvalue weighted by atomic mass is 9.76. The lowest BCUT2D eigenvalue weighted by Gasteiger charge is -2.41. The molecule has 2 N–H and O–H groups in total. The molecule has 10 heteroatoms. The van der Waals surface area contributed by atoms with Crippen molar-refractivity contribution in [3.8, 4) is 16.9 Å². The molecule has 0 spiro atoms. The Kier molecular flexibility index (Phi) is 4.75. The number of alkyl carbamates (subject to hydrolysis) is 1. The summed E-state index contributed by atoms with van der Waals surface area (Å²) in [4.78, 5) is 41.1. The van der Waals surface area contributed by atoms with Crippen LogP contribution in [0.5, 0.6) is 5.75 Å². The quantitative estimate of drug-likeness (QED) is 0.355. The van der Waals surface area contributed by atoms with Gasteiger partial charge in [0.2, 0.25) is 0 Å². The lowest BCUT2D eigenvalue weighted by molar-refractivity contribution is 0.0364. The van der Waals surface area contributed by atoms with Gasteiger partial charge in [0.1, 0.15) is 22.7 Å². The Morgan fingerprint density at radius 1 is 1.15 bits per heavy atom. The van der Waals surface area contributed by atoms with Gasteiger partial charge in [0.25, 0.3) is 5.91 Å². The number of nitrogens with one attached hydrogen (secondary N) is 1. The first-order valence-corrected chi connectivity index (χ1v) is 13.8. The molecule has 4 aromatic rings. The van der Waals surface area contributed by atoms with Crippen LogP contribution in [0.4, 0.5) is 4.79 Å². The van der Waals surface area contributed by atoms with E-state index in [4.69, 9.17) is 13.8 Å². The van der Waals surface area contributed by atoms with Crippen molar-refractivity contribution in [2.24, 2.45) is 0 Å². The molecule has 7 rings (SSSR count). The number of hydrogen-bond donors (Lipinski definition) is 2. The number of ether oxygens (including phenoxy) is 1. The summed E-state index contributed by atoms with van der Waals surface area (Å²) >= 11 is 0. The molecule has 0 radical (unpaired) electrons. The third-order valence-electron chi connectivity index (χ3n) is 8.31. The van der Waals surface area contributed by atoms with Crippen LogP contribution >= 0.6 is 0 Å². The van der Waals surface area contributed by atoms with Crippen LogP contribution in [0.1, 0.15) is 90.2 Å². The number of nitrogens with zero attached hydrogens (tertiary/aromatic N) is 5. The molecule has 1 fully saturated rings. The second kappa shape index (κ2) is 8.76. The molecular formula is C31H32N6O4. The van der Waals surface area contributed by atoms with E-state index < -0.39 is 42.2 Å². The number of imidazole rings is 1. The molecule has 4 heterocycles. The smallest absolute Gasteiger partial charge is 0.408 e. The highest BCUT2D eigenvalue weighted by molar-refractivity contribution is 5.98. The highest BCUT2D eigenvalue weighted by atomic mass is 16.6. The van der Waals surface area contributed by atoms with Crippen molar-refractivity contribution in [2.45, 2.75) is 69.7 Å². The Morgan fingerprint density at radius 2 is 1.93 bits per heavy atom. The highest BCUT2D eigenvalue weighted by Crippen LogP contribution is 2.49. The van der Waals surface area contributed by atoms with Crippen molar-refractivity contribution >= 4 is 23.0 Å². The van der Waals surface area contributed by atoms with Gasteiger partial charge in [0.15, 0.2) is 5.82 Å². The van der Waals surface area contributed by atoms with Crippen LogP contribution in [-0.4, -0.2) is 54.1 Å². The third-order valence-corrected chi connectivity index (χ3v) is 8.31. The fraction of sp³-hybridized carbons (Fsp3) is 0.387. The number of carbonyl (C=O) groups is 2. The zero-order valence-electron chi connectivity index (χ0n) is 26.0. The number of carbonyl (C=O) groups excluding carboxylic acids is 2. The monoisotopic (exact) mass is 555 g/mol. The molecule has 0 saturated heterocycles. The van der Waals surface area contributed by atoms with Gasteiger partial charge in [-0.25, -0.2) is 19.7 Å². The van der Waals surface area contributed by atoms with Crippen LogP contribution in [0.3, 0.4) is 0 Å². The van der Waals surface area contributed by atoms with Crippen molar-refractivity contribution in [2.75, 3.05) is 6.98 Å². The summed E-state index contributed by atoms with van der Waals surface area (Å²) in [6, 6.07) is 9.03. The average molecular weight is 556 g/mol. The minimum atomic E-state index is -2.70. The molecule has 2 atom stereocenters. The number of rotatable bonds is 3. The third kappa shape index (κ3) is 3.95. The number of aromatic nitrogens is 4. The first kappa shape index (κ1) is 22.2. The second-order valence-corrected chi connectivity index (χ2v) is 12.1. The number of hydrogen-bond acceptors (Lipinski definition) is 7. The van der Waals surface area contributed by atoms with E-state index in [1.165, 1.54) is 6.07 Å². The molecule has 41 heavy (non-hydrogen) atoms. The molecule has 3 aliphatic rings. The average Bonchev–Trinajstić information content (AvgIpc) is 3.42. The van der Waals surface area contributed by atoms with E-state index in [-0.39, 0.29) is 17.7 Å². The first-order valence-electron chi connectivity index (χ1n) is 15.3. The molecule has 210 valence electrons. The second-order valence-electron chi connectivity index (χ2n) is 12.1. The van der Waals surface area contributed by atoms with Crippen LogP contribution in [0.15, 0.2) is 48.8 Å². The predicted octanol–water partition coefficient (Wildman–Crippen LogP) is 5.22. The van der Waals surface area contributed by atoms with Gasteiger partial charge < -0.3 is 24.6 Å². The van der Waals surface area contributed by atoms with Crippen LogP contribution in [-0.2, 0) is 10.3 Å². The van der Waals surface area contributed by atoms with Gasteiger partial charge in [-0.2, -0.15) is 0 Å². The molecule has 2 bridgehead atoms. The fourth-order valence-electron chi connectivity index (χ4n) is 6.26. The molecule has 2 aromatic carbocycles.